The van der Waals surface area contributed by atoms with Crippen LogP contribution in [0.25, 0.3) is 0 Å². The summed E-state index contributed by atoms with van der Waals surface area (Å²) >= 11 is 0. The minimum atomic E-state index is 0.821. The lowest BCUT2D eigenvalue weighted by molar-refractivity contribution is 0.372. The third-order valence-electron chi connectivity index (χ3n) is 6.84. The number of aryl methyl sites for hydroxylation is 3. The lowest BCUT2D eigenvalue weighted by Gasteiger charge is -2.38. The molecule has 1 N–H and O–H groups in total. The second kappa shape index (κ2) is 10.8. The number of aromatic nitrogens is 3. The fourth-order valence-corrected chi connectivity index (χ4v) is 4.82. The van der Waals surface area contributed by atoms with E-state index >= 15 is 0 Å². The quantitative estimate of drug-likeness (QED) is 0.427. The third kappa shape index (κ3) is 5.25. The first kappa shape index (κ1) is 22.6. The van der Waals surface area contributed by atoms with Crippen LogP contribution in [-0.2, 0) is 19.4 Å². The molecule has 2 aromatic rings. The molecule has 0 unspecified atom stereocenters. The van der Waals surface area contributed by atoms with Crippen LogP contribution in [0.15, 0.2) is 23.2 Å². The molecule has 7 nitrogen and oxygen atoms in total. The highest BCUT2D eigenvalue weighted by molar-refractivity contribution is 5.80. The SMILES string of the molecule is CCNC(=NCCCc1nnc2n1CCCCC2)N1CCN(c2cccc(C)c2C)CC1. The summed E-state index contributed by atoms with van der Waals surface area (Å²) in [5, 5.41) is 12.4. The first-order valence-corrected chi connectivity index (χ1v) is 12.4. The van der Waals surface area contributed by atoms with E-state index < -0.39 is 0 Å². The third-order valence-corrected chi connectivity index (χ3v) is 6.84. The number of fused-ring (bicyclic) bond motifs is 1. The standard InChI is InChI=1S/C25H39N7/c1-4-26-25(27-14-9-13-24-29-28-23-12-6-5-7-15-32(23)24)31-18-16-30(17-19-31)22-11-8-10-20(2)21(22)3/h8,10-11H,4-7,9,12-19H2,1-3H3,(H,26,27). The van der Waals surface area contributed by atoms with E-state index in [1.807, 2.05) is 0 Å². The Balaban J connectivity index is 1.31. The van der Waals surface area contributed by atoms with E-state index in [1.165, 1.54) is 41.9 Å². The molecule has 0 bridgehead atoms. The number of benzene rings is 1. The minimum Gasteiger partial charge on any atom is -0.368 e. The summed E-state index contributed by atoms with van der Waals surface area (Å²) in [6, 6.07) is 6.62. The average Bonchev–Trinajstić information content (AvgIpc) is 3.03. The maximum absolute atomic E-state index is 4.95. The van der Waals surface area contributed by atoms with E-state index in [4.69, 9.17) is 4.99 Å². The molecule has 2 aliphatic heterocycles. The van der Waals surface area contributed by atoms with Crippen molar-refractivity contribution in [3.63, 3.8) is 0 Å². The molecular formula is C25H39N7. The maximum Gasteiger partial charge on any atom is 0.194 e. The van der Waals surface area contributed by atoms with Gasteiger partial charge in [0.2, 0.25) is 0 Å². The second-order valence-electron chi connectivity index (χ2n) is 9.03. The lowest BCUT2D eigenvalue weighted by Crippen LogP contribution is -2.52. The summed E-state index contributed by atoms with van der Waals surface area (Å²) in [5.41, 5.74) is 4.14. The van der Waals surface area contributed by atoms with Gasteiger partial charge < -0.3 is 19.7 Å². The van der Waals surface area contributed by atoms with Crippen LogP contribution in [0.1, 0.15) is 55.4 Å². The Labute approximate surface area is 192 Å². The largest absolute Gasteiger partial charge is 0.368 e. The van der Waals surface area contributed by atoms with E-state index in [0.717, 1.165) is 76.9 Å². The Morgan fingerprint density at radius 2 is 1.88 bits per heavy atom. The number of nitrogens with zero attached hydrogens (tertiary/aromatic N) is 6. The Bertz CT molecular complexity index is 909. The number of piperazine rings is 1. The van der Waals surface area contributed by atoms with Gasteiger partial charge in [0.15, 0.2) is 5.96 Å². The van der Waals surface area contributed by atoms with Gasteiger partial charge in [-0.15, -0.1) is 10.2 Å². The van der Waals surface area contributed by atoms with Crippen molar-refractivity contribution >= 4 is 11.6 Å². The molecule has 4 rings (SSSR count). The summed E-state index contributed by atoms with van der Waals surface area (Å²) in [4.78, 5) is 9.88. The number of rotatable bonds is 6. The molecule has 174 valence electrons. The van der Waals surface area contributed by atoms with Crippen LogP contribution in [-0.4, -0.2) is 64.9 Å². The van der Waals surface area contributed by atoms with Gasteiger partial charge in [-0.2, -0.15) is 0 Å². The molecule has 0 radical (unpaired) electrons. The van der Waals surface area contributed by atoms with Gasteiger partial charge in [-0.25, -0.2) is 0 Å². The van der Waals surface area contributed by atoms with E-state index in [1.54, 1.807) is 0 Å². The Morgan fingerprint density at radius 3 is 2.69 bits per heavy atom. The van der Waals surface area contributed by atoms with E-state index in [9.17, 15) is 0 Å². The highest BCUT2D eigenvalue weighted by atomic mass is 15.3. The summed E-state index contributed by atoms with van der Waals surface area (Å²) in [6.07, 6.45) is 6.82. The van der Waals surface area contributed by atoms with Gasteiger partial charge in [-0.3, -0.25) is 4.99 Å². The zero-order valence-corrected chi connectivity index (χ0v) is 20.1. The van der Waals surface area contributed by atoms with E-state index in [0.29, 0.717) is 0 Å². The Hall–Kier alpha value is -2.57. The molecule has 3 heterocycles. The summed E-state index contributed by atoms with van der Waals surface area (Å²) in [6.45, 7) is 13.4. The fourth-order valence-electron chi connectivity index (χ4n) is 4.82. The number of hydrogen-bond acceptors (Lipinski definition) is 4. The van der Waals surface area contributed by atoms with Gasteiger partial charge in [-0.1, -0.05) is 18.6 Å². The van der Waals surface area contributed by atoms with Gasteiger partial charge in [0.25, 0.3) is 0 Å². The summed E-state index contributed by atoms with van der Waals surface area (Å²) < 4.78 is 2.36. The smallest absolute Gasteiger partial charge is 0.194 e. The Kier molecular flexibility index (Phi) is 7.66. The molecule has 0 saturated carbocycles. The topological polar surface area (TPSA) is 61.6 Å². The number of guanidine groups is 1. The van der Waals surface area contributed by atoms with Crippen LogP contribution in [0.5, 0.6) is 0 Å². The zero-order chi connectivity index (χ0) is 22.3. The average molecular weight is 438 g/mol. The van der Waals surface area contributed by atoms with Crippen molar-refractivity contribution in [3.05, 3.63) is 41.0 Å². The molecule has 7 heteroatoms. The van der Waals surface area contributed by atoms with Crippen molar-refractivity contribution in [2.24, 2.45) is 4.99 Å². The highest BCUT2D eigenvalue weighted by Gasteiger charge is 2.21. The van der Waals surface area contributed by atoms with Crippen molar-refractivity contribution in [1.29, 1.82) is 0 Å². The predicted octanol–water partition coefficient (Wildman–Crippen LogP) is 3.34. The van der Waals surface area contributed by atoms with E-state index in [2.05, 4.69) is 68.9 Å². The van der Waals surface area contributed by atoms with Crippen LogP contribution in [0, 0.1) is 13.8 Å². The fraction of sp³-hybridized carbons (Fsp3) is 0.640. The monoisotopic (exact) mass is 437 g/mol. The van der Waals surface area contributed by atoms with Crippen molar-refractivity contribution < 1.29 is 0 Å². The van der Waals surface area contributed by atoms with Crippen molar-refractivity contribution in [1.82, 2.24) is 25.0 Å². The highest BCUT2D eigenvalue weighted by Crippen LogP contribution is 2.24. The normalized spacial score (nSPS) is 17.3. The first-order chi connectivity index (χ1) is 15.7. The molecule has 1 fully saturated rings. The molecule has 32 heavy (non-hydrogen) atoms. The first-order valence-electron chi connectivity index (χ1n) is 12.4. The second-order valence-corrected chi connectivity index (χ2v) is 9.03. The summed E-state index contributed by atoms with van der Waals surface area (Å²) in [5.74, 6) is 3.37. The van der Waals surface area contributed by atoms with Gasteiger partial charge in [0.05, 0.1) is 0 Å². The Morgan fingerprint density at radius 1 is 1.03 bits per heavy atom. The molecular weight excluding hydrogens is 398 g/mol. The van der Waals surface area contributed by atoms with Crippen LogP contribution in [0.2, 0.25) is 0 Å². The van der Waals surface area contributed by atoms with Gasteiger partial charge in [-0.05, 0) is 57.2 Å². The van der Waals surface area contributed by atoms with Crippen LogP contribution in [0.3, 0.4) is 0 Å². The number of hydrogen-bond donors (Lipinski definition) is 1. The van der Waals surface area contributed by atoms with Crippen LogP contribution >= 0.6 is 0 Å². The van der Waals surface area contributed by atoms with Gasteiger partial charge in [0, 0.05) is 64.3 Å². The van der Waals surface area contributed by atoms with Crippen LogP contribution < -0.4 is 10.2 Å². The predicted molar refractivity (Wildman–Crippen MR) is 132 cm³/mol. The van der Waals surface area contributed by atoms with Gasteiger partial charge >= 0.3 is 0 Å². The molecule has 1 aromatic carbocycles. The van der Waals surface area contributed by atoms with Crippen molar-refractivity contribution in [2.45, 2.75) is 65.8 Å². The zero-order valence-electron chi connectivity index (χ0n) is 20.1. The molecule has 0 atom stereocenters. The molecule has 0 spiro atoms. The molecule has 1 saturated heterocycles. The number of anilines is 1. The number of aliphatic imine (C=N–C) groups is 1. The molecule has 0 amide bonds. The van der Waals surface area contributed by atoms with Crippen molar-refractivity contribution in [3.8, 4) is 0 Å². The lowest BCUT2D eigenvalue weighted by atomic mass is 10.1. The van der Waals surface area contributed by atoms with E-state index in [-0.39, 0.29) is 0 Å². The number of nitrogens with one attached hydrogen (secondary N) is 1. The maximum atomic E-state index is 4.95. The molecule has 2 aliphatic rings. The van der Waals surface area contributed by atoms with Crippen LogP contribution in [0.4, 0.5) is 5.69 Å². The minimum absolute atomic E-state index is 0.821. The summed E-state index contributed by atoms with van der Waals surface area (Å²) in [7, 11) is 0. The molecule has 1 aromatic heterocycles. The van der Waals surface area contributed by atoms with Gasteiger partial charge in [0.1, 0.15) is 11.6 Å². The van der Waals surface area contributed by atoms with Crippen molar-refractivity contribution in [2.75, 3.05) is 44.2 Å². The molecule has 0 aliphatic carbocycles.